The Morgan fingerprint density at radius 3 is 2.43 bits per heavy atom. The first-order chi connectivity index (χ1) is 22.4. The molecule has 2 aliphatic carbocycles. The smallest absolute Gasteiger partial charge is 0.252 e. The molecule has 0 spiro atoms. The van der Waals surface area contributed by atoms with Gasteiger partial charge in [-0.1, -0.05) is 29.8 Å². The lowest BCUT2D eigenvalue weighted by Crippen LogP contribution is -2.63. The van der Waals surface area contributed by atoms with E-state index in [4.69, 9.17) is 11.6 Å². The summed E-state index contributed by atoms with van der Waals surface area (Å²) in [6, 6.07) is 10.7. The Bertz CT molecular complexity index is 1740. The number of pyridine rings is 1. The number of rotatable bonds is 10. The largest absolute Gasteiger partial charge is 0.297 e. The molecule has 2 heterocycles. The third kappa shape index (κ3) is 7.01. The van der Waals surface area contributed by atoms with Crippen molar-refractivity contribution in [3.8, 4) is 6.07 Å². The number of aromatic nitrogens is 1. The average Bonchev–Trinajstić information content (AvgIpc) is 3.87. The highest BCUT2D eigenvalue weighted by molar-refractivity contribution is 6.31. The molecule has 47 heavy (non-hydrogen) atoms. The Morgan fingerprint density at radius 1 is 1.09 bits per heavy atom. The van der Waals surface area contributed by atoms with Crippen LogP contribution in [-0.2, 0) is 14.4 Å². The van der Waals surface area contributed by atoms with Gasteiger partial charge in [0.2, 0.25) is 11.8 Å². The maximum absolute atomic E-state index is 15.0. The van der Waals surface area contributed by atoms with Crippen LogP contribution in [0.1, 0.15) is 55.7 Å². The molecule has 2 amide bonds. The lowest BCUT2D eigenvalue weighted by atomic mass is 9.77. The van der Waals surface area contributed by atoms with Gasteiger partial charge < -0.3 is 0 Å². The molecule has 1 aliphatic heterocycles. The first-order valence-corrected chi connectivity index (χ1v) is 15.7. The minimum atomic E-state index is -2.79. The highest BCUT2D eigenvalue weighted by atomic mass is 35.5. The van der Waals surface area contributed by atoms with E-state index in [0.29, 0.717) is 6.07 Å². The topological polar surface area (TPSA) is 97.6 Å². The second-order valence-electron chi connectivity index (χ2n) is 12.3. The molecule has 3 aliphatic rings. The molecule has 1 aromatic heterocycles. The molecule has 0 radical (unpaired) electrons. The van der Waals surface area contributed by atoms with Gasteiger partial charge in [0.05, 0.1) is 23.9 Å². The van der Waals surface area contributed by atoms with Gasteiger partial charge in [-0.25, -0.2) is 22.5 Å². The zero-order valence-corrected chi connectivity index (χ0v) is 25.8. The van der Waals surface area contributed by atoms with Crippen LogP contribution in [0.25, 0.3) is 0 Å². The number of nitriles is 1. The predicted molar refractivity (Wildman–Crippen MR) is 165 cm³/mol. The molecular formula is C34H30ClF4N5O3. The molecule has 8 nitrogen and oxygen atoms in total. The lowest BCUT2D eigenvalue weighted by Gasteiger charge is -2.43. The summed E-state index contributed by atoms with van der Waals surface area (Å²) in [5.74, 6) is -7.11. The summed E-state index contributed by atoms with van der Waals surface area (Å²) in [5, 5.41) is 9.61. The van der Waals surface area contributed by atoms with Crippen molar-refractivity contribution in [3.05, 3.63) is 88.6 Å². The number of Topliss-reactive ketones (excluding diaryl/α,β-unsaturated/α-hetero) is 1. The molecule has 0 bridgehead atoms. The second-order valence-corrected chi connectivity index (χ2v) is 12.8. The van der Waals surface area contributed by atoms with Gasteiger partial charge in [-0.2, -0.15) is 5.26 Å². The molecule has 2 aromatic carbocycles. The maximum Gasteiger partial charge on any atom is 0.252 e. The molecule has 2 saturated carbocycles. The van der Waals surface area contributed by atoms with Crippen LogP contribution >= 0.6 is 11.6 Å². The molecule has 2 atom stereocenters. The van der Waals surface area contributed by atoms with Crippen LogP contribution in [0.15, 0.2) is 60.8 Å². The van der Waals surface area contributed by atoms with E-state index in [0.717, 1.165) is 34.8 Å². The van der Waals surface area contributed by atoms with Gasteiger partial charge in [0.15, 0.2) is 5.78 Å². The van der Waals surface area contributed by atoms with Crippen molar-refractivity contribution in [2.75, 3.05) is 22.9 Å². The van der Waals surface area contributed by atoms with Gasteiger partial charge in [-0.3, -0.25) is 29.1 Å². The Hall–Kier alpha value is -4.34. The average molecular weight is 668 g/mol. The molecular weight excluding hydrogens is 638 g/mol. The van der Waals surface area contributed by atoms with E-state index in [1.54, 1.807) is 12.1 Å². The zero-order valence-electron chi connectivity index (χ0n) is 25.1. The number of amides is 2. The minimum Gasteiger partial charge on any atom is -0.297 e. The van der Waals surface area contributed by atoms with Crippen molar-refractivity contribution in [2.45, 2.75) is 62.6 Å². The highest BCUT2D eigenvalue weighted by Crippen LogP contribution is 2.45. The third-order valence-electron chi connectivity index (χ3n) is 8.90. The van der Waals surface area contributed by atoms with Crippen LogP contribution < -0.4 is 9.80 Å². The summed E-state index contributed by atoms with van der Waals surface area (Å²) in [6.45, 7) is -0.0109. The summed E-state index contributed by atoms with van der Waals surface area (Å²) in [6.07, 6.45) is 2.14. The number of ketones is 1. The molecule has 13 heteroatoms. The number of carbonyl (C=O) groups excluding carboxylic acids is 3. The number of anilines is 2. The predicted octanol–water partition coefficient (Wildman–Crippen LogP) is 6.23. The lowest BCUT2D eigenvalue weighted by molar-refractivity contribution is -0.131. The van der Waals surface area contributed by atoms with E-state index in [9.17, 15) is 37.2 Å². The van der Waals surface area contributed by atoms with Gasteiger partial charge in [0.1, 0.15) is 29.5 Å². The zero-order chi connectivity index (χ0) is 33.5. The van der Waals surface area contributed by atoms with E-state index in [-0.39, 0.29) is 72.5 Å². The molecule has 0 N–H and O–H groups in total. The van der Waals surface area contributed by atoms with E-state index in [1.165, 1.54) is 30.5 Å². The monoisotopic (exact) mass is 667 g/mol. The summed E-state index contributed by atoms with van der Waals surface area (Å²) < 4.78 is 56.8. The Labute approximate surface area is 273 Å². The molecule has 244 valence electrons. The van der Waals surface area contributed by atoms with Crippen molar-refractivity contribution < 1.29 is 31.9 Å². The van der Waals surface area contributed by atoms with E-state index in [2.05, 4.69) is 4.98 Å². The SMILES string of the molecule is N#Cc1ccnc(N2C(=O)CN(C3CC3)C[C@H]2C(=O)N(c2cc(F)cc(F)c2)[C@H](C(=O)CCC2CC(F)(F)C2)c2ccccc2Cl)c1. The number of nitrogens with zero attached hydrogens (tertiary/aromatic N) is 5. The normalized spacial score (nSPS) is 20.3. The fourth-order valence-corrected chi connectivity index (χ4v) is 6.71. The number of piperazine rings is 1. The maximum atomic E-state index is 15.0. The molecule has 3 fully saturated rings. The van der Waals surface area contributed by atoms with Crippen LogP contribution in [0.5, 0.6) is 0 Å². The first kappa shape index (κ1) is 32.6. The standard InChI is InChI=1S/C34H30ClF4N5O3/c35-27-4-2-1-3-26(27)32(29(45)8-5-21-15-34(38,39)16-21)43(25-13-22(36)12-23(37)14-25)33(47)28-18-42(24-6-7-24)19-31(46)44(28)30-11-20(17-40)9-10-41-30/h1-4,9-14,21,24,28,32H,5-8,15-16,18-19H2/t28-,32-/m0/s1. The number of alkyl halides is 2. The van der Waals surface area contributed by atoms with E-state index in [1.807, 2.05) is 11.0 Å². The fourth-order valence-electron chi connectivity index (χ4n) is 6.47. The fraction of sp³-hybridized carbons (Fsp3) is 0.382. The van der Waals surface area contributed by atoms with Crippen molar-refractivity contribution in [1.82, 2.24) is 9.88 Å². The second kappa shape index (κ2) is 13.0. The highest BCUT2D eigenvalue weighted by Gasteiger charge is 2.48. The molecule has 3 aromatic rings. The molecule has 0 unspecified atom stereocenters. The van der Waals surface area contributed by atoms with Crippen molar-refractivity contribution >= 4 is 40.7 Å². The van der Waals surface area contributed by atoms with Gasteiger partial charge >= 0.3 is 0 Å². The van der Waals surface area contributed by atoms with Crippen molar-refractivity contribution in [2.24, 2.45) is 5.92 Å². The van der Waals surface area contributed by atoms with Crippen LogP contribution in [0, 0.1) is 28.9 Å². The van der Waals surface area contributed by atoms with Crippen LogP contribution in [0.2, 0.25) is 5.02 Å². The quantitative estimate of drug-likeness (QED) is 0.238. The third-order valence-corrected chi connectivity index (χ3v) is 9.24. The van der Waals surface area contributed by atoms with Crippen LogP contribution in [0.3, 0.4) is 0 Å². The number of hydrogen-bond acceptors (Lipinski definition) is 6. The minimum absolute atomic E-state index is 0.0165. The van der Waals surface area contributed by atoms with Gasteiger partial charge in [-0.15, -0.1) is 0 Å². The Morgan fingerprint density at radius 2 is 1.79 bits per heavy atom. The van der Waals surface area contributed by atoms with Crippen LogP contribution in [0.4, 0.5) is 29.1 Å². The molecule has 1 saturated heterocycles. The number of carbonyl (C=O) groups is 3. The summed E-state index contributed by atoms with van der Waals surface area (Å²) >= 11 is 6.59. The Kier molecular flexibility index (Phi) is 9.05. The molecule has 6 rings (SSSR count). The first-order valence-electron chi connectivity index (χ1n) is 15.3. The van der Waals surface area contributed by atoms with Gasteiger partial charge in [0, 0.05) is 54.7 Å². The van der Waals surface area contributed by atoms with Crippen LogP contribution in [-0.4, -0.2) is 58.6 Å². The van der Waals surface area contributed by atoms with Crippen molar-refractivity contribution in [3.63, 3.8) is 0 Å². The number of hydrogen-bond donors (Lipinski definition) is 0. The number of benzene rings is 2. The number of halogens is 5. The summed E-state index contributed by atoms with van der Waals surface area (Å²) in [7, 11) is 0. The van der Waals surface area contributed by atoms with Crippen molar-refractivity contribution in [1.29, 1.82) is 5.26 Å². The van der Waals surface area contributed by atoms with E-state index < -0.39 is 53.2 Å². The van der Waals surface area contributed by atoms with E-state index >= 15 is 0 Å². The summed E-state index contributed by atoms with van der Waals surface area (Å²) in [5.41, 5.74) is 0.0532. The van der Waals surface area contributed by atoms with Gasteiger partial charge in [-0.05, 0) is 55.5 Å². The van der Waals surface area contributed by atoms with Gasteiger partial charge in [0.25, 0.3) is 5.91 Å². The Balaban J connectivity index is 1.47. The summed E-state index contributed by atoms with van der Waals surface area (Å²) in [4.78, 5) is 51.1.